The third kappa shape index (κ3) is 3.69. The molecule has 3 nitrogen and oxygen atoms in total. The number of hydrazine groups is 1. The van der Waals surface area contributed by atoms with Crippen molar-refractivity contribution in [1.82, 2.24) is 5.43 Å². The molecule has 0 spiro atoms. The van der Waals surface area contributed by atoms with Crippen LogP contribution in [0.5, 0.6) is 0 Å². The Morgan fingerprint density at radius 3 is 2.69 bits per heavy atom. The number of ether oxygens (including phenoxy) is 1. The molecule has 0 aliphatic rings. The van der Waals surface area contributed by atoms with E-state index in [1.165, 1.54) is 9.13 Å². The van der Waals surface area contributed by atoms with E-state index in [1.54, 1.807) is 7.11 Å². The van der Waals surface area contributed by atoms with Crippen molar-refractivity contribution in [2.75, 3.05) is 13.7 Å². The number of rotatable bonds is 6. The number of halogens is 1. The van der Waals surface area contributed by atoms with Gasteiger partial charge in [-0.05, 0) is 46.6 Å². The van der Waals surface area contributed by atoms with Gasteiger partial charge in [0.05, 0.1) is 0 Å². The van der Waals surface area contributed by atoms with E-state index >= 15 is 0 Å². The lowest BCUT2D eigenvalue weighted by atomic mass is 9.93. The largest absolute Gasteiger partial charge is 0.385 e. The van der Waals surface area contributed by atoms with Gasteiger partial charge in [0.15, 0.2) is 0 Å². The van der Waals surface area contributed by atoms with Gasteiger partial charge in [-0.25, -0.2) is 0 Å². The summed E-state index contributed by atoms with van der Waals surface area (Å²) in [6.07, 6.45) is 0.996. The Kier molecular flexibility index (Phi) is 6.26. The lowest BCUT2D eigenvalue weighted by Crippen LogP contribution is -2.33. The fourth-order valence-electron chi connectivity index (χ4n) is 1.76. The first-order chi connectivity index (χ1) is 7.70. The zero-order valence-electron chi connectivity index (χ0n) is 9.74. The SMILES string of the molecule is COCCC(C)C(NN)c1ccccc1I. The molecule has 0 bridgehead atoms. The minimum Gasteiger partial charge on any atom is -0.385 e. The van der Waals surface area contributed by atoms with Gasteiger partial charge in [-0.15, -0.1) is 0 Å². The van der Waals surface area contributed by atoms with Gasteiger partial charge in [0.1, 0.15) is 0 Å². The van der Waals surface area contributed by atoms with Crippen LogP contribution in [0, 0.1) is 9.49 Å². The van der Waals surface area contributed by atoms with Crippen LogP contribution in [0.2, 0.25) is 0 Å². The lowest BCUT2D eigenvalue weighted by molar-refractivity contribution is 0.170. The van der Waals surface area contributed by atoms with Crippen LogP contribution in [-0.4, -0.2) is 13.7 Å². The molecule has 0 aromatic heterocycles. The second kappa shape index (κ2) is 7.21. The Hall–Kier alpha value is -0.170. The number of nitrogens with one attached hydrogen (secondary N) is 1. The summed E-state index contributed by atoms with van der Waals surface area (Å²) in [6, 6.07) is 8.49. The normalized spacial score (nSPS) is 14.8. The van der Waals surface area contributed by atoms with E-state index in [9.17, 15) is 0 Å². The van der Waals surface area contributed by atoms with Crippen LogP contribution >= 0.6 is 22.6 Å². The highest BCUT2D eigenvalue weighted by atomic mass is 127. The molecule has 0 amide bonds. The maximum atomic E-state index is 5.65. The molecule has 1 aromatic rings. The summed E-state index contributed by atoms with van der Waals surface area (Å²) in [6.45, 7) is 2.95. The predicted octanol–water partition coefficient (Wildman–Crippen LogP) is 2.47. The molecular weight excluding hydrogens is 315 g/mol. The fourth-order valence-corrected chi connectivity index (χ4v) is 2.48. The first kappa shape index (κ1) is 13.9. The van der Waals surface area contributed by atoms with Gasteiger partial charge in [0.25, 0.3) is 0 Å². The minimum atomic E-state index is 0.184. The zero-order valence-corrected chi connectivity index (χ0v) is 11.9. The molecule has 1 aromatic carbocycles. The molecule has 0 saturated heterocycles. The second-order valence-electron chi connectivity index (χ2n) is 3.92. The fraction of sp³-hybridized carbons (Fsp3) is 0.500. The Balaban J connectivity index is 2.77. The molecule has 0 aliphatic heterocycles. The van der Waals surface area contributed by atoms with Crippen molar-refractivity contribution < 1.29 is 4.74 Å². The van der Waals surface area contributed by atoms with Crippen molar-refractivity contribution in [2.45, 2.75) is 19.4 Å². The summed E-state index contributed by atoms with van der Waals surface area (Å²) in [5, 5.41) is 0. The van der Waals surface area contributed by atoms with Gasteiger partial charge < -0.3 is 4.74 Å². The van der Waals surface area contributed by atoms with Crippen molar-refractivity contribution in [1.29, 1.82) is 0 Å². The van der Waals surface area contributed by atoms with Gasteiger partial charge >= 0.3 is 0 Å². The summed E-state index contributed by atoms with van der Waals surface area (Å²) >= 11 is 2.34. The van der Waals surface area contributed by atoms with Crippen LogP contribution in [0.4, 0.5) is 0 Å². The highest BCUT2D eigenvalue weighted by molar-refractivity contribution is 14.1. The van der Waals surface area contributed by atoms with Crippen LogP contribution in [0.25, 0.3) is 0 Å². The molecule has 3 N–H and O–H groups in total. The van der Waals surface area contributed by atoms with E-state index in [0.29, 0.717) is 5.92 Å². The first-order valence-electron chi connectivity index (χ1n) is 5.40. The van der Waals surface area contributed by atoms with E-state index in [1.807, 2.05) is 12.1 Å². The van der Waals surface area contributed by atoms with Gasteiger partial charge in [-0.3, -0.25) is 11.3 Å². The average Bonchev–Trinajstić information content (AvgIpc) is 2.30. The number of hydrogen-bond donors (Lipinski definition) is 2. The first-order valence-corrected chi connectivity index (χ1v) is 6.48. The summed E-state index contributed by atoms with van der Waals surface area (Å²) < 4.78 is 6.35. The number of nitrogens with two attached hydrogens (primary N) is 1. The quantitative estimate of drug-likeness (QED) is 0.477. The van der Waals surface area contributed by atoms with Crippen molar-refractivity contribution >= 4 is 22.6 Å². The van der Waals surface area contributed by atoms with E-state index < -0.39 is 0 Å². The van der Waals surface area contributed by atoms with Crippen LogP contribution < -0.4 is 11.3 Å². The Morgan fingerprint density at radius 2 is 2.12 bits per heavy atom. The van der Waals surface area contributed by atoms with Gasteiger partial charge in [0.2, 0.25) is 0 Å². The molecule has 2 unspecified atom stereocenters. The molecule has 0 aliphatic carbocycles. The molecule has 0 saturated carbocycles. The molecule has 2 atom stereocenters. The summed E-state index contributed by atoms with van der Waals surface area (Å²) in [5.74, 6) is 6.10. The molecule has 90 valence electrons. The smallest absolute Gasteiger partial charge is 0.0496 e. The van der Waals surface area contributed by atoms with Crippen LogP contribution in [0.1, 0.15) is 24.9 Å². The van der Waals surface area contributed by atoms with Crippen LogP contribution in [-0.2, 0) is 4.74 Å². The Morgan fingerprint density at radius 1 is 1.44 bits per heavy atom. The lowest BCUT2D eigenvalue weighted by Gasteiger charge is -2.24. The number of hydrogen-bond acceptors (Lipinski definition) is 3. The molecule has 0 radical (unpaired) electrons. The van der Waals surface area contributed by atoms with Crippen LogP contribution in [0.3, 0.4) is 0 Å². The van der Waals surface area contributed by atoms with Crippen molar-refractivity contribution in [3.63, 3.8) is 0 Å². The average molecular weight is 334 g/mol. The van der Waals surface area contributed by atoms with Crippen molar-refractivity contribution in [2.24, 2.45) is 11.8 Å². The number of benzene rings is 1. The van der Waals surface area contributed by atoms with E-state index in [-0.39, 0.29) is 6.04 Å². The Labute approximate surface area is 111 Å². The molecule has 16 heavy (non-hydrogen) atoms. The highest BCUT2D eigenvalue weighted by Gasteiger charge is 2.19. The maximum Gasteiger partial charge on any atom is 0.0496 e. The number of methoxy groups -OCH3 is 1. The van der Waals surface area contributed by atoms with Crippen molar-refractivity contribution in [3.8, 4) is 0 Å². The molecule has 4 heteroatoms. The summed E-state index contributed by atoms with van der Waals surface area (Å²) in [5.41, 5.74) is 4.17. The van der Waals surface area contributed by atoms with Crippen LogP contribution in [0.15, 0.2) is 24.3 Å². The summed E-state index contributed by atoms with van der Waals surface area (Å²) in [4.78, 5) is 0. The topological polar surface area (TPSA) is 47.3 Å². The monoisotopic (exact) mass is 334 g/mol. The molecule has 0 fully saturated rings. The maximum absolute atomic E-state index is 5.65. The predicted molar refractivity (Wildman–Crippen MR) is 74.9 cm³/mol. The standard InChI is InChI=1S/C12H19IN2O/c1-9(7-8-16-2)12(15-14)10-5-3-4-6-11(10)13/h3-6,9,12,15H,7-8,14H2,1-2H3. The third-order valence-electron chi connectivity index (χ3n) is 2.77. The van der Waals surface area contributed by atoms with Gasteiger partial charge in [-0.2, -0.15) is 0 Å². The van der Waals surface area contributed by atoms with Gasteiger partial charge in [0, 0.05) is 23.3 Å². The zero-order chi connectivity index (χ0) is 12.0. The van der Waals surface area contributed by atoms with E-state index in [4.69, 9.17) is 10.6 Å². The molecule has 1 rings (SSSR count). The van der Waals surface area contributed by atoms with Crippen molar-refractivity contribution in [3.05, 3.63) is 33.4 Å². The van der Waals surface area contributed by atoms with E-state index in [0.717, 1.165) is 13.0 Å². The summed E-state index contributed by atoms with van der Waals surface area (Å²) in [7, 11) is 1.73. The molecular formula is C12H19IN2O. The molecule has 0 heterocycles. The van der Waals surface area contributed by atoms with Gasteiger partial charge in [-0.1, -0.05) is 25.1 Å². The Bertz CT molecular complexity index is 320. The third-order valence-corrected chi connectivity index (χ3v) is 3.75. The second-order valence-corrected chi connectivity index (χ2v) is 5.09. The van der Waals surface area contributed by atoms with E-state index in [2.05, 4.69) is 47.1 Å². The minimum absolute atomic E-state index is 0.184. The highest BCUT2D eigenvalue weighted by Crippen LogP contribution is 2.27.